The summed E-state index contributed by atoms with van der Waals surface area (Å²) in [7, 11) is 0. The molecule has 20 heavy (non-hydrogen) atoms. The molecule has 2 rings (SSSR count). The molecule has 1 aromatic carbocycles. The number of hydrogen-bond donors (Lipinski definition) is 1. The SMILES string of the molecule is CC(=O)Oc1ccccc1C(=O)Nc1cnc(CF)o1. The van der Waals surface area contributed by atoms with Gasteiger partial charge in [-0.2, -0.15) is 0 Å². The van der Waals surface area contributed by atoms with Gasteiger partial charge in [-0.15, -0.1) is 0 Å². The number of benzene rings is 1. The maximum Gasteiger partial charge on any atom is 0.308 e. The van der Waals surface area contributed by atoms with E-state index in [2.05, 4.69) is 10.3 Å². The van der Waals surface area contributed by atoms with Crippen molar-refractivity contribution in [3.63, 3.8) is 0 Å². The van der Waals surface area contributed by atoms with Gasteiger partial charge >= 0.3 is 5.97 Å². The van der Waals surface area contributed by atoms with Crippen LogP contribution in [0.3, 0.4) is 0 Å². The Kier molecular flexibility index (Phi) is 4.09. The van der Waals surface area contributed by atoms with E-state index < -0.39 is 18.6 Å². The van der Waals surface area contributed by atoms with Crippen molar-refractivity contribution in [1.29, 1.82) is 0 Å². The van der Waals surface area contributed by atoms with Crippen molar-refractivity contribution in [3.05, 3.63) is 41.9 Å². The first-order chi connectivity index (χ1) is 9.60. The van der Waals surface area contributed by atoms with E-state index >= 15 is 0 Å². The van der Waals surface area contributed by atoms with Crippen LogP contribution < -0.4 is 10.1 Å². The van der Waals surface area contributed by atoms with E-state index in [0.29, 0.717) is 0 Å². The van der Waals surface area contributed by atoms with Gasteiger partial charge < -0.3 is 9.15 Å². The van der Waals surface area contributed by atoms with Crippen molar-refractivity contribution in [2.24, 2.45) is 0 Å². The Morgan fingerprint density at radius 2 is 2.15 bits per heavy atom. The Bertz CT molecular complexity index is 639. The Morgan fingerprint density at radius 1 is 1.40 bits per heavy atom. The Morgan fingerprint density at radius 3 is 2.80 bits per heavy atom. The van der Waals surface area contributed by atoms with Crippen LogP contribution in [-0.4, -0.2) is 16.9 Å². The molecular formula is C13H11FN2O4. The second-order valence-electron chi connectivity index (χ2n) is 3.80. The molecule has 0 saturated carbocycles. The molecule has 6 nitrogen and oxygen atoms in total. The third-order valence-electron chi connectivity index (χ3n) is 2.29. The van der Waals surface area contributed by atoms with E-state index in [0.717, 1.165) is 0 Å². The van der Waals surface area contributed by atoms with Gasteiger partial charge in [-0.1, -0.05) is 12.1 Å². The van der Waals surface area contributed by atoms with Crippen LogP contribution in [0.15, 0.2) is 34.9 Å². The number of ether oxygens (including phenoxy) is 1. The van der Waals surface area contributed by atoms with Crippen LogP contribution in [-0.2, 0) is 11.5 Å². The molecule has 0 bridgehead atoms. The van der Waals surface area contributed by atoms with Crippen LogP contribution >= 0.6 is 0 Å². The maximum absolute atomic E-state index is 12.3. The highest BCUT2D eigenvalue weighted by atomic mass is 19.1. The lowest BCUT2D eigenvalue weighted by Crippen LogP contribution is -2.14. The minimum atomic E-state index is -0.861. The molecule has 0 aliphatic carbocycles. The zero-order valence-corrected chi connectivity index (χ0v) is 10.6. The fourth-order valence-corrected chi connectivity index (χ4v) is 1.51. The van der Waals surface area contributed by atoms with Crippen LogP contribution in [0.2, 0.25) is 0 Å². The highest BCUT2D eigenvalue weighted by Crippen LogP contribution is 2.20. The number of amides is 1. The van der Waals surface area contributed by atoms with Crippen LogP contribution in [0.4, 0.5) is 10.3 Å². The number of rotatable bonds is 4. The van der Waals surface area contributed by atoms with Crippen molar-refractivity contribution in [1.82, 2.24) is 4.98 Å². The predicted octanol–water partition coefficient (Wildman–Crippen LogP) is 2.32. The number of carbonyl (C=O) groups excluding carboxylic acids is 2. The number of hydrogen-bond acceptors (Lipinski definition) is 5. The average Bonchev–Trinajstić information content (AvgIpc) is 2.86. The summed E-state index contributed by atoms with van der Waals surface area (Å²) in [4.78, 5) is 26.6. The number of halogens is 1. The van der Waals surface area contributed by atoms with E-state index in [1.54, 1.807) is 12.1 Å². The van der Waals surface area contributed by atoms with Gasteiger partial charge in [0.05, 0.1) is 11.8 Å². The summed E-state index contributed by atoms with van der Waals surface area (Å²) in [6.07, 6.45) is 1.20. The monoisotopic (exact) mass is 278 g/mol. The minimum absolute atomic E-state index is 0.0141. The molecular weight excluding hydrogens is 267 g/mol. The summed E-state index contributed by atoms with van der Waals surface area (Å²) in [5, 5.41) is 2.40. The number of anilines is 1. The van der Waals surface area contributed by atoms with E-state index in [4.69, 9.17) is 9.15 Å². The average molecular weight is 278 g/mol. The number of nitrogens with one attached hydrogen (secondary N) is 1. The van der Waals surface area contributed by atoms with Gasteiger partial charge in [0.25, 0.3) is 5.91 Å². The third-order valence-corrected chi connectivity index (χ3v) is 2.29. The lowest BCUT2D eigenvalue weighted by molar-refractivity contribution is -0.131. The standard InChI is InChI=1S/C13H11FN2O4/c1-8(17)19-10-5-3-2-4-9(10)13(18)16-12-7-15-11(6-14)20-12/h2-5,7H,6H2,1H3,(H,16,18). The largest absolute Gasteiger partial charge is 0.426 e. The molecule has 104 valence electrons. The molecule has 1 N–H and O–H groups in total. The summed E-state index contributed by atoms with van der Waals surface area (Å²) < 4.78 is 22.1. The number of esters is 1. The molecule has 2 aromatic rings. The van der Waals surface area contributed by atoms with Crippen LogP contribution in [0.25, 0.3) is 0 Å². The van der Waals surface area contributed by atoms with E-state index in [1.807, 2.05) is 0 Å². The number of nitrogens with zero attached hydrogens (tertiary/aromatic N) is 1. The third kappa shape index (κ3) is 3.19. The zero-order valence-electron chi connectivity index (χ0n) is 10.6. The molecule has 0 spiro atoms. The quantitative estimate of drug-likeness (QED) is 0.685. The first-order valence-corrected chi connectivity index (χ1v) is 5.69. The van der Waals surface area contributed by atoms with Crippen LogP contribution in [0.5, 0.6) is 5.75 Å². The smallest absolute Gasteiger partial charge is 0.308 e. The highest BCUT2D eigenvalue weighted by molar-refractivity contribution is 6.05. The van der Waals surface area contributed by atoms with Crippen molar-refractivity contribution in [2.75, 3.05) is 5.32 Å². The van der Waals surface area contributed by atoms with Gasteiger partial charge in [0.1, 0.15) is 5.75 Å². The molecule has 0 atom stereocenters. The maximum atomic E-state index is 12.3. The number of para-hydroxylation sites is 1. The van der Waals surface area contributed by atoms with E-state index in [9.17, 15) is 14.0 Å². The van der Waals surface area contributed by atoms with Crippen molar-refractivity contribution < 1.29 is 23.1 Å². The number of carbonyl (C=O) groups is 2. The van der Waals surface area contributed by atoms with Gasteiger partial charge in [0, 0.05) is 6.92 Å². The van der Waals surface area contributed by atoms with Gasteiger partial charge in [-0.3, -0.25) is 14.9 Å². The van der Waals surface area contributed by atoms with Crippen molar-refractivity contribution in [3.8, 4) is 5.75 Å². The van der Waals surface area contributed by atoms with Gasteiger partial charge in [0.15, 0.2) is 6.67 Å². The molecule has 0 aliphatic rings. The minimum Gasteiger partial charge on any atom is -0.426 e. The normalized spacial score (nSPS) is 10.1. The van der Waals surface area contributed by atoms with E-state index in [1.165, 1.54) is 25.3 Å². The highest BCUT2D eigenvalue weighted by Gasteiger charge is 2.15. The second kappa shape index (κ2) is 5.96. The number of alkyl halides is 1. The fourth-order valence-electron chi connectivity index (χ4n) is 1.51. The lowest BCUT2D eigenvalue weighted by Gasteiger charge is -2.07. The van der Waals surface area contributed by atoms with Crippen molar-refractivity contribution in [2.45, 2.75) is 13.6 Å². The fraction of sp³-hybridized carbons (Fsp3) is 0.154. The molecule has 0 unspecified atom stereocenters. The van der Waals surface area contributed by atoms with E-state index in [-0.39, 0.29) is 23.1 Å². The van der Waals surface area contributed by atoms with Gasteiger partial charge in [0.2, 0.25) is 11.8 Å². The Balaban J connectivity index is 2.18. The number of oxazole rings is 1. The zero-order chi connectivity index (χ0) is 14.5. The predicted molar refractivity (Wildman–Crippen MR) is 67.0 cm³/mol. The van der Waals surface area contributed by atoms with Crippen LogP contribution in [0, 0.1) is 0 Å². The Labute approximate surface area is 113 Å². The second-order valence-corrected chi connectivity index (χ2v) is 3.80. The molecule has 0 aliphatic heterocycles. The molecule has 7 heteroatoms. The lowest BCUT2D eigenvalue weighted by atomic mass is 10.2. The summed E-state index contributed by atoms with van der Waals surface area (Å²) in [6.45, 7) is 0.374. The summed E-state index contributed by atoms with van der Waals surface area (Å²) in [6, 6.07) is 6.23. The van der Waals surface area contributed by atoms with Gasteiger partial charge in [-0.05, 0) is 12.1 Å². The summed E-state index contributed by atoms with van der Waals surface area (Å²) in [5.41, 5.74) is 0.154. The molecule has 1 aromatic heterocycles. The molecule has 0 saturated heterocycles. The topological polar surface area (TPSA) is 81.4 Å². The Hall–Kier alpha value is -2.70. The summed E-state index contributed by atoms with van der Waals surface area (Å²) >= 11 is 0. The molecule has 0 fully saturated rings. The van der Waals surface area contributed by atoms with Crippen molar-refractivity contribution >= 4 is 17.8 Å². The first kappa shape index (κ1) is 13.7. The van der Waals surface area contributed by atoms with Gasteiger partial charge in [-0.25, -0.2) is 9.37 Å². The number of aromatic nitrogens is 1. The van der Waals surface area contributed by atoms with Crippen LogP contribution in [0.1, 0.15) is 23.2 Å². The first-order valence-electron chi connectivity index (χ1n) is 5.69. The molecule has 1 heterocycles. The molecule has 0 radical (unpaired) electrons. The molecule has 1 amide bonds. The summed E-state index contributed by atoms with van der Waals surface area (Å²) in [5.74, 6) is -1.08.